The minimum Gasteiger partial charge on any atom is -0.393 e. The smallest absolute Gasteiger partial charge is 0.261 e. The van der Waals surface area contributed by atoms with E-state index in [0.717, 1.165) is 0 Å². The Kier molecular flexibility index (Phi) is 4.64. The summed E-state index contributed by atoms with van der Waals surface area (Å²) in [7, 11) is 1.65. The summed E-state index contributed by atoms with van der Waals surface area (Å²) in [5.41, 5.74) is 5.80. The van der Waals surface area contributed by atoms with Gasteiger partial charge in [-0.25, -0.2) is 4.98 Å². The predicted molar refractivity (Wildman–Crippen MR) is 85.0 cm³/mol. The van der Waals surface area contributed by atoms with Crippen LogP contribution in [0.2, 0.25) is 0 Å². The standard InChI is InChI=1S/C14H16N4O2S/c1-17(7-6-12(15)21)13(19)8-18-9-16-11-5-3-2-4-10(11)14(18)20/h2-5,9H,6-8H2,1H3,(H2,15,21). The van der Waals surface area contributed by atoms with E-state index in [-0.39, 0.29) is 18.0 Å². The largest absolute Gasteiger partial charge is 0.393 e. The van der Waals surface area contributed by atoms with E-state index in [9.17, 15) is 9.59 Å². The number of benzene rings is 1. The molecule has 0 atom stereocenters. The fourth-order valence-electron chi connectivity index (χ4n) is 1.89. The Morgan fingerprint density at radius 3 is 2.86 bits per heavy atom. The molecular formula is C14H16N4O2S. The van der Waals surface area contributed by atoms with Crippen LogP contribution in [-0.4, -0.2) is 38.9 Å². The molecule has 0 aliphatic rings. The third-order valence-corrected chi connectivity index (χ3v) is 3.36. The lowest BCUT2D eigenvalue weighted by Gasteiger charge is -2.17. The Balaban J connectivity index is 2.16. The Labute approximate surface area is 127 Å². The first-order valence-electron chi connectivity index (χ1n) is 6.45. The predicted octanol–water partition coefficient (Wildman–Crippen LogP) is 0.531. The van der Waals surface area contributed by atoms with Crippen LogP contribution in [0.25, 0.3) is 10.9 Å². The van der Waals surface area contributed by atoms with Crippen LogP contribution >= 0.6 is 12.2 Å². The molecule has 0 aliphatic carbocycles. The SMILES string of the molecule is CN(CCC(N)=S)C(=O)Cn1cnc2ccccc2c1=O. The van der Waals surface area contributed by atoms with E-state index in [2.05, 4.69) is 4.98 Å². The third kappa shape index (κ3) is 3.63. The first-order chi connectivity index (χ1) is 9.99. The van der Waals surface area contributed by atoms with E-state index in [0.29, 0.717) is 28.9 Å². The Bertz CT molecular complexity index is 741. The second kappa shape index (κ2) is 6.45. The number of nitrogens with zero attached hydrogens (tertiary/aromatic N) is 3. The highest BCUT2D eigenvalue weighted by molar-refractivity contribution is 7.80. The lowest BCUT2D eigenvalue weighted by Crippen LogP contribution is -2.35. The number of carbonyl (C=O) groups is 1. The number of hydrogen-bond donors (Lipinski definition) is 1. The lowest BCUT2D eigenvalue weighted by molar-refractivity contribution is -0.130. The zero-order valence-corrected chi connectivity index (χ0v) is 12.5. The average Bonchev–Trinajstić information content (AvgIpc) is 2.47. The molecule has 0 bridgehead atoms. The Morgan fingerprint density at radius 2 is 2.14 bits per heavy atom. The van der Waals surface area contributed by atoms with Gasteiger partial charge in [-0.15, -0.1) is 0 Å². The van der Waals surface area contributed by atoms with Crippen molar-refractivity contribution in [3.05, 3.63) is 40.9 Å². The van der Waals surface area contributed by atoms with Crippen LogP contribution in [0.4, 0.5) is 0 Å². The fourth-order valence-corrected chi connectivity index (χ4v) is 1.98. The minimum absolute atomic E-state index is 0.0511. The summed E-state index contributed by atoms with van der Waals surface area (Å²) in [5.74, 6) is -0.189. The molecular weight excluding hydrogens is 288 g/mol. The number of nitrogens with two attached hydrogens (primary N) is 1. The molecule has 1 amide bonds. The van der Waals surface area contributed by atoms with Gasteiger partial charge in [0.25, 0.3) is 5.56 Å². The zero-order valence-electron chi connectivity index (χ0n) is 11.7. The topological polar surface area (TPSA) is 81.2 Å². The van der Waals surface area contributed by atoms with Crippen molar-refractivity contribution >= 4 is 34.0 Å². The summed E-state index contributed by atoms with van der Waals surface area (Å²) in [6.07, 6.45) is 1.85. The maximum absolute atomic E-state index is 12.3. The van der Waals surface area contributed by atoms with Gasteiger partial charge in [-0.3, -0.25) is 14.2 Å². The molecule has 6 nitrogen and oxygen atoms in total. The highest BCUT2D eigenvalue weighted by Gasteiger charge is 2.12. The van der Waals surface area contributed by atoms with Crippen molar-refractivity contribution < 1.29 is 4.79 Å². The number of fused-ring (bicyclic) bond motifs is 1. The number of aromatic nitrogens is 2. The molecule has 0 fully saturated rings. The minimum atomic E-state index is -0.225. The van der Waals surface area contributed by atoms with Crippen LogP contribution in [0, 0.1) is 0 Å². The molecule has 110 valence electrons. The number of hydrogen-bond acceptors (Lipinski definition) is 4. The van der Waals surface area contributed by atoms with Crippen LogP contribution in [0.1, 0.15) is 6.42 Å². The Hall–Kier alpha value is -2.28. The number of likely N-dealkylation sites (N-methyl/N-ethyl adjacent to an activating group) is 1. The van der Waals surface area contributed by atoms with Gasteiger partial charge in [0.2, 0.25) is 5.91 Å². The molecule has 0 aliphatic heterocycles. The summed E-state index contributed by atoms with van der Waals surface area (Å²) < 4.78 is 1.31. The molecule has 2 N–H and O–H groups in total. The van der Waals surface area contributed by atoms with Gasteiger partial charge in [0.1, 0.15) is 6.54 Å². The molecule has 2 aromatic rings. The number of thiocarbonyl (C=S) groups is 1. The summed E-state index contributed by atoms with van der Waals surface area (Å²) >= 11 is 4.78. The van der Waals surface area contributed by atoms with Gasteiger partial charge in [-0.1, -0.05) is 24.4 Å². The molecule has 1 aromatic heterocycles. The van der Waals surface area contributed by atoms with Crippen molar-refractivity contribution in [2.45, 2.75) is 13.0 Å². The average molecular weight is 304 g/mol. The maximum Gasteiger partial charge on any atom is 0.261 e. The molecule has 1 aromatic carbocycles. The summed E-state index contributed by atoms with van der Waals surface area (Å²) in [6.45, 7) is 0.383. The molecule has 0 saturated heterocycles. The van der Waals surface area contributed by atoms with Crippen molar-refractivity contribution in [2.24, 2.45) is 5.73 Å². The summed E-state index contributed by atoms with van der Waals surface area (Å²) in [6, 6.07) is 7.04. The zero-order chi connectivity index (χ0) is 15.4. The van der Waals surface area contributed by atoms with Gasteiger partial charge in [-0.2, -0.15) is 0 Å². The van der Waals surface area contributed by atoms with Crippen molar-refractivity contribution in [2.75, 3.05) is 13.6 Å². The van der Waals surface area contributed by atoms with E-state index < -0.39 is 0 Å². The number of rotatable bonds is 5. The monoisotopic (exact) mass is 304 g/mol. The van der Waals surface area contributed by atoms with Crippen molar-refractivity contribution in [3.63, 3.8) is 0 Å². The van der Waals surface area contributed by atoms with Crippen LogP contribution < -0.4 is 11.3 Å². The number of amides is 1. The van der Waals surface area contributed by atoms with Gasteiger partial charge < -0.3 is 10.6 Å². The van der Waals surface area contributed by atoms with Crippen LogP contribution in [-0.2, 0) is 11.3 Å². The normalized spacial score (nSPS) is 10.5. The molecule has 0 spiro atoms. The maximum atomic E-state index is 12.3. The van der Waals surface area contributed by atoms with E-state index >= 15 is 0 Å². The highest BCUT2D eigenvalue weighted by atomic mass is 32.1. The first-order valence-corrected chi connectivity index (χ1v) is 6.86. The van der Waals surface area contributed by atoms with Crippen molar-refractivity contribution in [1.29, 1.82) is 0 Å². The fraction of sp³-hybridized carbons (Fsp3) is 0.286. The highest BCUT2D eigenvalue weighted by Crippen LogP contribution is 2.04. The molecule has 7 heteroatoms. The molecule has 0 unspecified atom stereocenters. The van der Waals surface area contributed by atoms with Gasteiger partial charge >= 0.3 is 0 Å². The van der Waals surface area contributed by atoms with Crippen molar-refractivity contribution in [1.82, 2.24) is 14.5 Å². The van der Waals surface area contributed by atoms with Gasteiger partial charge in [0.15, 0.2) is 0 Å². The van der Waals surface area contributed by atoms with Crippen LogP contribution in [0.15, 0.2) is 35.4 Å². The summed E-state index contributed by atoms with van der Waals surface area (Å²) in [4.78, 5) is 30.4. The van der Waals surface area contributed by atoms with E-state index in [1.165, 1.54) is 15.8 Å². The van der Waals surface area contributed by atoms with Gasteiger partial charge in [0.05, 0.1) is 22.2 Å². The third-order valence-electron chi connectivity index (χ3n) is 3.16. The lowest BCUT2D eigenvalue weighted by atomic mass is 10.2. The molecule has 2 rings (SSSR count). The molecule has 21 heavy (non-hydrogen) atoms. The summed E-state index contributed by atoms with van der Waals surface area (Å²) in [5, 5.41) is 0.499. The van der Waals surface area contributed by atoms with Gasteiger partial charge in [-0.05, 0) is 12.1 Å². The van der Waals surface area contributed by atoms with E-state index in [1.807, 2.05) is 6.07 Å². The first kappa shape index (κ1) is 15.1. The quantitative estimate of drug-likeness (QED) is 0.815. The number of carbonyl (C=O) groups excluding carboxylic acids is 1. The molecule has 1 heterocycles. The van der Waals surface area contributed by atoms with Crippen molar-refractivity contribution in [3.8, 4) is 0 Å². The van der Waals surface area contributed by atoms with E-state index in [4.69, 9.17) is 18.0 Å². The molecule has 0 saturated carbocycles. The van der Waals surface area contributed by atoms with Gasteiger partial charge in [0, 0.05) is 20.0 Å². The van der Waals surface area contributed by atoms with Crippen LogP contribution in [0.3, 0.4) is 0 Å². The molecule has 0 radical (unpaired) electrons. The Morgan fingerprint density at radius 1 is 1.43 bits per heavy atom. The second-order valence-electron chi connectivity index (χ2n) is 4.73. The number of para-hydroxylation sites is 1. The van der Waals surface area contributed by atoms with E-state index in [1.54, 1.807) is 25.2 Å². The second-order valence-corrected chi connectivity index (χ2v) is 5.25. The van der Waals surface area contributed by atoms with Crippen LogP contribution in [0.5, 0.6) is 0 Å².